The highest BCUT2D eigenvalue weighted by Crippen LogP contribution is 2.69. The summed E-state index contributed by atoms with van der Waals surface area (Å²) in [5, 5.41) is 92.3. The molecule has 468 valence electrons. The van der Waals surface area contributed by atoms with Crippen molar-refractivity contribution in [3.05, 3.63) is 35.9 Å². The number of carbonyl (C=O) groups excluding carboxylic acids is 3. The van der Waals surface area contributed by atoms with Crippen LogP contribution in [0.15, 0.2) is 30.3 Å². The number of benzene rings is 1. The molecule has 0 spiro atoms. The molecule has 8 fully saturated rings. The van der Waals surface area contributed by atoms with Crippen LogP contribution in [0.25, 0.3) is 0 Å². The lowest BCUT2D eigenvalue weighted by molar-refractivity contribution is -0.349. The van der Waals surface area contributed by atoms with Gasteiger partial charge >= 0.3 is 11.9 Å². The summed E-state index contributed by atoms with van der Waals surface area (Å²) >= 11 is 0. The lowest BCUT2D eigenvalue weighted by Gasteiger charge is -2.63. The third kappa shape index (κ3) is 13.8. The Kier molecular flexibility index (Phi) is 21.3. The van der Waals surface area contributed by atoms with Gasteiger partial charge in [0.25, 0.3) is 0 Å². The van der Waals surface area contributed by atoms with Gasteiger partial charge in [0.05, 0.1) is 42.7 Å². The van der Waals surface area contributed by atoms with Crippen molar-refractivity contribution in [3.63, 3.8) is 0 Å². The molecule has 26 atom stereocenters. The molecule has 1 aromatic carbocycles. The van der Waals surface area contributed by atoms with Gasteiger partial charge in [-0.1, -0.05) is 91.3 Å². The van der Waals surface area contributed by atoms with Crippen molar-refractivity contribution in [3.8, 4) is 0 Å². The Morgan fingerprint density at radius 1 is 0.759 bits per heavy atom. The molecule has 2 heterocycles. The van der Waals surface area contributed by atoms with E-state index in [-0.39, 0.29) is 96.0 Å². The van der Waals surface area contributed by atoms with Crippen LogP contribution < -0.4 is 5.32 Å². The van der Waals surface area contributed by atoms with Gasteiger partial charge < -0.3 is 74.6 Å². The largest absolute Gasteiger partial charge is 0.479 e. The predicted molar refractivity (Wildman–Crippen MR) is 302 cm³/mol. The summed E-state index contributed by atoms with van der Waals surface area (Å²) in [4.78, 5) is 54.7. The van der Waals surface area contributed by atoms with Gasteiger partial charge in [-0.2, -0.15) is 0 Å². The Balaban J connectivity index is 0.856. The number of aliphatic carboxylic acids is 1. The smallest absolute Gasteiger partial charge is 0.338 e. The second kappa shape index (κ2) is 27.5. The van der Waals surface area contributed by atoms with E-state index in [1.807, 2.05) is 6.92 Å². The summed E-state index contributed by atoms with van der Waals surface area (Å²) in [5.41, 5.74) is -0.0757. The van der Waals surface area contributed by atoms with Crippen LogP contribution in [-0.2, 0) is 42.8 Å². The van der Waals surface area contributed by atoms with E-state index in [1.165, 1.54) is 25.5 Å². The number of ketones is 1. The minimum absolute atomic E-state index is 0.00668. The van der Waals surface area contributed by atoms with Crippen molar-refractivity contribution >= 4 is 23.6 Å². The number of Topliss-reactive ketones (excluding diaryl/α,β-unsaturated/α-hetero) is 1. The van der Waals surface area contributed by atoms with E-state index in [0.717, 1.165) is 70.6 Å². The van der Waals surface area contributed by atoms with Crippen molar-refractivity contribution in [1.29, 1.82) is 0 Å². The zero-order valence-corrected chi connectivity index (χ0v) is 49.8. The fourth-order valence-electron chi connectivity index (χ4n) is 17.6. The number of nitrogens with one attached hydrogen (secondary N) is 1. The summed E-state index contributed by atoms with van der Waals surface area (Å²) < 4.78 is 37.7. The molecule has 19 heteroatoms. The number of amides is 1. The molecular weight excluding hydrogens is 1070 g/mol. The van der Waals surface area contributed by atoms with Gasteiger partial charge in [-0.15, -0.1) is 0 Å². The zero-order chi connectivity index (χ0) is 59.7. The predicted octanol–water partition coefficient (Wildman–Crippen LogP) is 5.86. The van der Waals surface area contributed by atoms with Crippen molar-refractivity contribution in [2.24, 2.45) is 70.0 Å². The number of fused-ring (bicyclic) bond motifs is 5. The quantitative estimate of drug-likeness (QED) is 0.0514. The average Bonchev–Trinajstić information content (AvgIpc) is 3.89. The van der Waals surface area contributed by atoms with Gasteiger partial charge in [-0.05, 0) is 154 Å². The van der Waals surface area contributed by atoms with Gasteiger partial charge in [0.1, 0.15) is 42.4 Å². The van der Waals surface area contributed by atoms with Crippen LogP contribution in [0.5, 0.6) is 0 Å². The van der Waals surface area contributed by atoms with Crippen LogP contribution in [0.1, 0.15) is 174 Å². The maximum Gasteiger partial charge on any atom is 0.338 e. The van der Waals surface area contributed by atoms with Gasteiger partial charge in [0, 0.05) is 25.3 Å². The number of aliphatic hydroxyl groups excluding tert-OH is 7. The maximum absolute atomic E-state index is 14.3. The second-order valence-electron chi connectivity index (χ2n) is 27.6. The van der Waals surface area contributed by atoms with Crippen molar-refractivity contribution in [2.45, 2.75) is 255 Å². The molecule has 83 heavy (non-hydrogen) atoms. The molecule has 0 radical (unpaired) electrons. The molecule has 0 bridgehead atoms. The van der Waals surface area contributed by atoms with Gasteiger partial charge in [0.15, 0.2) is 24.8 Å². The fraction of sp³-hybridized carbons (Fsp3) is 0.844. The van der Waals surface area contributed by atoms with E-state index in [0.29, 0.717) is 37.0 Å². The molecule has 6 saturated carbocycles. The molecule has 2 aliphatic heterocycles. The first-order chi connectivity index (χ1) is 39.5. The van der Waals surface area contributed by atoms with Gasteiger partial charge in [-0.25, -0.2) is 9.59 Å². The SMILES string of the molecule is C[C@@H]1CC[C@@]2(C)[C@@H](C1)C[C@@H](O)[C@@H]1[C@@H]2C[C@H](O)[C@]2(C)[C@@H]([C@H](C)CCC(=O)NCCCC(=O)C3C[C@@H](C)[C@@H](OC4O[C@@H](C)[C@H](O)C(O)[C@@H]4O)[C@H](O[C@@H]4O[C@@H](CO)[C@H](O)C(O[C@@H](CC5CCCCC5)C(=O)O)C4OC(=O)c4ccccc4)C3)CC[C@@H]12. The summed E-state index contributed by atoms with van der Waals surface area (Å²) in [6.07, 6.45) is -6.26. The average molecular weight is 1170 g/mol. The summed E-state index contributed by atoms with van der Waals surface area (Å²) in [6.45, 7) is 12.0. The summed E-state index contributed by atoms with van der Waals surface area (Å²) in [6, 6.07) is 7.99. The highest BCUT2D eigenvalue weighted by Gasteiger charge is 2.66. The Bertz CT molecular complexity index is 2320. The highest BCUT2D eigenvalue weighted by atomic mass is 16.7. The van der Waals surface area contributed by atoms with Crippen LogP contribution in [0, 0.1) is 70.0 Å². The van der Waals surface area contributed by atoms with Gasteiger partial charge in [0.2, 0.25) is 5.91 Å². The Morgan fingerprint density at radius 3 is 2.20 bits per heavy atom. The molecule has 19 nitrogen and oxygen atoms in total. The lowest BCUT2D eigenvalue weighted by atomic mass is 9.42. The Morgan fingerprint density at radius 2 is 1.49 bits per heavy atom. The van der Waals surface area contributed by atoms with E-state index < -0.39 is 116 Å². The monoisotopic (exact) mass is 1170 g/mol. The Labute approximate surface area is 490 Å². The minimum Gasteiger partial charge on any atom is -0.479 e. The summed E-state index contributed by atoms with van der Waals surface area (Å²) in [5.74, 6) is -1.25. The van der Waals surface area contributed by atoms with Crippen LogP contribution >= 0.6 is 0 Å². The fourth-order valence-corrected chi connectivity index (χ4v) is 17.6. The van der Waals surface area contributed by atoms with Crippen molar-refractivity contribution in [2.75, 3.05) is 13.2 Å². The minimum atomic E-state index is -1.70. The highest BCUT2D eigenvalue weighted by molar-refractivity contribution is 5.89. The molecule has 8 aliphatic rings. The first-order valence-corrected chi connectivity index (χ1v) is 31.8. The van der Waals surface area contributed by atoms with Crippen LogP contribution in [0.4, 0.5) is 0 Å². The van der Waals surface area contributed by atoms with Crippen molar-refractivity contribution < 1.29 is 88.5 Å². The number of hydrogen-bond donors (Lipinski definition) is 9. The molecule has 9 rings (SSSR count). The van der Waals surface area contributed by atoms with E-state index >= 15 is 0 Å². The van der Waals surface area contributed by atoms with E-state index in [2.05, 4.69) is 33.0 Å². The van der Waals surface area contributed by atoms with Gasteiger partial charge in [-0.3, -0.25) is 9.59 Å². The van der Waals surface area contributed by atoms with Crippen LogP contribution in [0.3, 0.4) is 0 Å². The zero-order valence-electron chi connectivity index (χ0n) is 49.8. The normalized spacial score (nSPS) is 43.6. The number of hydrogen-bond acceptors (Lipinski definition) is 17. The number of ether oxygens (including phenoxy) is 6. The third-order valence-electron chi connectivity index (χ3n) is 22.4. The first kappa shape index (κ1) is 64.3. The van der Waals surface area contributed by atoms with E-state index in [1.54, 1.807) is 18.2 Å². The van der Waals surface area contributed by atoms with E-state index in [4.69, 9.17) is 28.4 Å². The van der Waals surface area contributed by atoms with E-state index in [9.17, 15) is 60.0 Å². The molecule has 6 aliphatic carbocycles. The molecule has 2 saturated heterocycles. The van der Waals surface area contributed by atoms with Crippen LogP contribution in [-0.4, -0.2) is 170 Å². The van der Waals surface area contributed by atoms with Crippen LogP contribution in [0.2, 0.25) is 0 Å². The first-order valence-electron chi connectivity index (χ1n) is 31.8. The molecular formula is C64H99NO18. The molecule has 1 aromatic rings. The molecule has 1 amide bonds. The standard InChI is InChI=1S/C64H99NO18/c1-33-23-24-63(5)40(26-33)30-45(68)51-42-21-20-41(64(42,6)49(69)31-43(51)63)34(2)19-22-50(70)65-25-13-18-44(67)39-27-35(3)56(83-61-55(74)54(73)52(71)36(4)78-61)46(29-39)80-62-58(82-60(77)38-16-11-8-12-17-38)57(53(72)48(32-66)81-62)79-47(59(75)76)28-37-14-9-7-10-15-37/h8,11-12,16-17,33-37,39-43,45-49,51-58,61-62,66,68-69,71-74H,7,9-10,13-15,18-32H2,1-6H3,(H,65,70)(H,75,76)/t33-,34-,35-,36+,39?,40+,41-,42+,43+,45-,46-,47+,48+,49+,51+,52+,53+,54?,55+,56-,57?,58?,61?,62-,63+,64-/m1/s1. The number of aliphatic hydroxyl groups is 7. The lowest BCUT2D eigenvalue weighted by Crippen LogP contribution is -2.64. The maximum atomic E-state index is 14.3. The van der Waals surface area contributed by atoms with Crippen molar-refractivity contribution in [1.82, 2.24) is 5.32 Å². The number of carboxylic acid groups (broad SMARTS) is 1. The number of esters is 1. The third-order valence-corrected chi connectivity index (χ3v) is 22.4. The number of rotatable bonds is 21. The molecule has 0 aromatic heterocycles. The number of carboxylic acids is 1. The topological polar surface area (TPSA) is 298 Å². The molecule has 9 N–H and O–H groups in total. The summed E-state index contributed by atoms with van der Waals surface area (Å²) in [7, 11) is 0. The molecule has 5 unspecified atom stereocenters. The number of carbonyl (C=O) groups is 4. The Hall–Kier alpha value is -3.18. The second-order valence-corrected chi connectivity index (χ2v) is 27.6.